The fourth-order valence-electron chi connectivity index (χ4n) is 1.59. The maximum absolute atomic E-state index is 12.7. The standard InChI is InChI=1S/C13H17FO3/c1-2-17-8-7-11(13(15)16)9-10-3-5-12(14)6-4-10/h3-6,11H,2,7-9H2,1H3,(H,15,16). The van der Waals surface area contributed by atoms with E-state index in [1.165, 1.54) is 12.1 Å². The topological polar surface area (TPSA) is 46.5 Å². The Morgan fingerprint density at radius 1 is 1.41 bits per heavy atom. The molecule has 0 radical (unpaired) electrons. The van der Waals surface area contributed by atoms with Gasteiger partial charge in [-0.3, -0.25) is 4.79 Å². The van der Waals surface area contributed by atoms with Crippen LogP contribution in [0.4, 0.5) is 4.39 Å². The molecule has 0 heterocycles. The molecule has 1 aromatic carbocycles. The normalized spacial score (nSPS) is 12.4. The first kappa shape index (κ1) is 13.6. The fourth-order valence-corrected chi connectivity index (χ4v) is 1.59. The summed E-state index contributed by atoms with van der Waals surface area (Å²) in [5.74, 6) is -1.63. The van der Waals surface area contributed by atoms with Gasteiger partial charge in [0.15, 0.2) is 0 Å². The van der Waals surface area contributed by atoms with Gasteiger partial charge in [-0.25, -0.2) is 4.39 Å². The van der Waals surface area contributed by atoms with Gasteiger partial charge < -0.3 is 9.84 Å². The van der Waals surface area contributed by atoms with Gasteiger partial charge in [0.05, 0.1) is 5.92 Å². The molecule has 0 aliphatic carbocycles. The van der Waals surface area contributed by atoms with Crippen molar-refractivity contribution in [2.45, 2.75) is 19.8 Å². The van der Waals surface area contributed by atoms with Gasteiger partial charge in [-0.15, -0.1) is 0 Å². The van der Waals surface area contributed by atoms with E-state index in [9.17, 15) is 9.18 Å². The van der Waals surface area contributed by atoms with Crippen molar-refractivity contribution in [3.63, 3.8) is 0 Å². The van der Waals surface area contributed by atoms with Crippen molar-refractivity contribution in [3.05, 3.63) is 35.6 Å². The molecule has 0 saturated carbocycles. The smallest absolute Gasteiger partial charge is 0.306 e. The lowest BCUT2D eigenvalue weighted by atomic mass is 9.97. The van der Waals surface area contributed by atoms with Crippen molar-refractivity contribution in [2.24, 2.45) is 5.92 Å². The largest absolute Gasteiger partial charge is 0.481 e. The minimum atomic E-state index is -0.839. The molecule has 94 valence electrons. The van der Waals surface area contributed by atoms with E-state index in [1.54, 1.807) is 12.1 Å². The van der Waals surface area contributed by atoms with Crippen LogP contribution in [0.1, 0.15) is 18.9 Å². The highest BCUT2D eigenvalue weighted by Crippen LogP contribution is 2.13. The second-order valence-corrected chi connectivity index (χ2v) is 3.85. The molecule has 0 bridgehead atoms. The SMILES string of the molecule is CCOCCC(Cc1ccc(F)cc1)C(=O)O. The molecule has 4 heteroatoms. The van der Waals surface area contributed by atoms with E-state index in [-0.39, 0.29) is 5.82 Å². The van der Waals surface area contributed by atoms with Crippen LogP contribution in [-0.2, 0) is 16.0 Å². The Morgan fingerprint density at radius 3 is 2.59 bits per heavy atom. The van der Waals surface area contributed by atoms with Crippen molar-refractivity contribution in [3.8, 4) is 0 Å². The van der Waals surface area contributed by atoms with Gasteiger partial charge in [-0.1, -0.05) is 12.1 Å². The molecule has 0 fully saturated rings. The minimum absolute atomic E-state index is 0.310. The lowest BCUT2D eigenvalue weighted by molar-refractivity contribution is -0.142. The average molecular weight is 240 g/mol. The number of aliphatic carboxylic acids is 1. The summed E-state index contributed by atoms with van der Waals surface area (Å²) >= 11 is 0. The third-order valence-corrected chi connectivity index (χ3v) is 2.56. The molecule has 0 aliphatic heterocycles. The molecule has 0 saturated heterocycles. The van der Waals surface area contributed by atoms with Gasteiger partial charge in [-0.2, -0.15) is 0 Å². The van der Waals surface area contributed by atoms with Crippen molar-refractivity contribution < 1.29 is 19.0 Å². The van der Waals surface area contributed by atoms with Crippen LogP contribution in [0.15, 0.2) is 24.3 Å². The van der Waals surface area contributed by atoms with Gasteiger partial charge >= 0.3 is 5.97 Å². The number of benzene rings is 1. The van der Waals surface area contributed by atoms with Crippen LogP contribution in [0.25, 0.3) is 0 Å². The lowest BCUT2D eigenvalue weighted by Crippen LogP contribution is -2.18. The summed E-state index contributed by atoms with van der Waals surface area (Å²) in [5.41, 5.74) is 0.829. The maximum Gasteiger partial charge on any atom is 0.306 e. The monoisotopic (exact) mass is 240 g/mol. The molecular formula is C13H17FO3. The van der Waals surface area contributed by atoms with Gasteiger partial charge in [0.25, 0.3) is 0 Å². The molecule has 1 rings (SSSR count). The summed E-state index contributed by atoms with van der Waals surface area (Å²) in [6, 6.07) is 5.92. The van der Waals surface area contributed by atoms with Crippen molar-refractivity contribution in [1.82, 2.24) is 0 Å². The molecule has 1 aromatic rings. The number of carbonyl (C=O) groups is 1. The van der Waals surface area contributed by atoms with E-state index < -0.39 is 11.9 Å². The van der Waals surface area contributed by atoms with E-state index in [0.29, 0.717) is 26.1 Å². The van der Waals surface area contributed by atoms with Crippen molar-refractivity contribution in [2.75, 3.05) is 13.2 Å². The molecule has 0 amide bonds. The highest BCUT2D eigenvalue weighted by atomic mass is 19.1. The minimum Gasteiger partial charge on any atom is -0.481 e. The Balaban J connectivity index is 2.54. The quantitative estimate of drug-likeness (QED) is 0.745. The Hall–Kier alpha value is -1.42. The predicted molar refractivity (Wildman–Crippen MR) is 62.3 cm³/mol. The van der Waals surface area contributed by atoms with Crippen LogP contribution < -0.4 is 0 Å². The number of ether oxygens (including phenoxy) is 1. The Bertz CT molecular complexity index is 348. The first-order valence-corrected chi connectivity index (χ1v) is 5.68. The summed E-state index contributed by atoms with van der Waals surface area (Å²) in [5, 5.41) is 9.06. The number of halogens is 1. The molecule has 1 atom stereocenters. The summed E-state index contributed by atoms with van der Waals surface area (Å²) in [4.78, 5) is 11.0. The molecule has 17 heavy (non-hydrogen) atoms. The van der Waals surface area contributed by atoms with Gasteiger partial charge in [0, 0.05) is 13.2 Å². The zero-order valence-corrected chi connectivity index (χ0v) is 9.86. The van der Waals surface area contributed by atoms with Crippen molar-refractivity contribution in [1.29, 1.82) is 0 Å². The number of carboxylic acid groups (broad SMARTS) is 1. The van der Waals surface area contributed by atoms with Crippen LogP contribution >= 0.6 is 0 Å². The molecule has 0 aromatic heterocycles. The highest BCUT2D eigenvalue weighted by molar-refractivity contribution is 5.70. The van der Waals surface area contributed by atoms with Crippen LogP contribution in [0.5, 0.6) is 0 Å². The van der Waals surface area contributed by atoms with E-state index in [2.05, 4.69) is 0 Å². The Morgan fingerprint density at radius 2 is 2.06 bits per heavy atom. The van der Waals surface area contributed by atoms with Crippen LogP contribution in [-0.4, -0.2) is 24.3 Å². The Kier molecular flexibility index (Phi) is 5.63. The van der Waals surface area contributed by atoms with E-state index in [1.807, 2.05) is 6.92 Å². The lowest BCUT2D eigenvalue weighted by Gasteiger charge is -2.12. The van der Waals surface area contributed by atoms with E-state index >= 15 is 0 Å². The Labute approximate surface area is 100 Å². The van der Waals surface area contributed by atoms with Crippen LogP contribution in [0.3, 0.4) is 0 Å². The number of hydrogen-bond acceptors (Lipinski definition) is 2. The van der Waals surface area contributed by atoms with Gasteiger partial charge in [0.1, 0.15) is 5.82 Å². The predicted octanol–water partition coefficient (Wildman–Crippen LogP) is 2.50. The molecule has 3 nitrogen and oxygen atoms in total. The molecule has 1 N–H and O–H groups in total. The van der Waals surface area contributed by atoms with Crippen LogP contribution in [0.2, 0.25) is 0 Å². The third-order valence-electron chi connectivity index (χ3n) is 2.56. The summed E-state index contributed by atoms with van der Waals surface area (Å²) < 4.78 is 17.8. The number of hydrogen-bond donors (Lipinski definition) is 1. The molecule has 0 aliphatic rings. The second kappa shape index (κ2) is 7.01. The first-order valence-electron chi connectivity index (χ1n) is 5.68. The van der Waals surface area contributed by atoms with E-state index in [4.69, 9.17) is 9.84 Å². The van der Waals surface area contributed by atoms with Gasteiger partial charge in [0.2, 0.25) is 0 Å². The number of carboxylic acids is 1. The number of rotatable bonds is 7. The zero-order chi connectivity index (χ0) is 12.7. The second-order valence-electron chi connectivity index (χ2n) is 3.85. The average Bonchev–Trinajstić information content (AvgIpc) is 2.30. The summed E-state index contributed by atoms with van der Waals surface area (Å²) in [6.45, 7) is 2.90. The third kappa shape index (κ3) is 4.95. The summed E-state index contributed by atoms with van der Waals surface area (Å²) in [7, 11) is 0. The highest BCUT2D eigenvalue weighted by Gasteiger charge is 2.17. The van der Waals surface area contributed by atoms with Crippen LogP contribution in [0, 0.1) is 11.7 Å². The maximum atomic E-state index is 12.7. The van der Waals surface area contributed by atoms with E-state index in [0.717, 1.165) is 5.56 Å². The zero-order valence-electron chi connectivity index (χ0n) is 9.86. The fraction of sp³-hybridized carbons (Fsp3) is 0.462. The first-order chi connectivity index (χ1) is 8.13. The summed E-state index contributed by atoms with van der Waals surface area (Å²) in [6.07, 6.45) is 0.878. The van der Waals surface area contributed by atoms with Crippen molar-refractivity contribution >= 4 is 5.97 Å². The molecular weight excluding hydrogens is 223 g/mol. The molecule has 1 unspecified atom stereocenters. The molecule has 0 spiro atoms. The van der Waals surface area contributed by atoms with Gasteiger partial charge in [-0.05, 0) is 37.5 Å².